The molecule has 0 atom stereocenters. The second-order valence-corrected chi connectivity index (χ2v) is 5.54. The number of hydrogen-bond acceptors (Lipinski definition) is 3. The van der Waals surface area contributed by atoms with Gasteiger partial charge in [-0.05, 0) is 30.3 Å². The van der Waals surface area contributed by atoms with Crippen molar-refractivity contribution in [3.63, 3.8) is 0 Å². The predicted molar refractivity (Wildman–Crippen MR) is 89.4 cm³/mol. The zero-order valence-corrected chi connectivity index (χ0v) is 13.4. The average Bonchev–Trinajstić information content (AvgIpc) is 2.61. The van der Waals surface area contributed by atoms with Crippen molar-refractivity contribution in [3.8, 4) is 0 Å². The molecule has 0 aliphatic rings. The Bertz CT molecular complexity index is 1010. The van der Waals surface area contributed by atoms with E-state index in [-0.39, 0.29) is 17.7 Å². The highest BCUT2D eigenvalue weighted by molar-refractivity contribution is 5.94. The van der Waals surface area contributed by atoms with Crippen LogP contribution in [0.3, 0.4) is 0 Å². The van der Waals surface area contributed by atoms with E-state index < -0.39 is 17.5 Å². The summed E-state index contributed by atoms with van der Waals surface area (Å²) < 4.78 is 27.5. The van der Waals surface area contributed by atoms with Crippen LogP contribution in [0.15, 0.2) is 47.3 Å². The lowest BCUT2D eigenvalue weighted by molar-refractivity contribution is 0.0953. The van der Waals surface area contributed by atoms with E-state index in [9.17, 15) is 18.4 Å². The summed E-state index contributed by atoms with van der Waals surface area (Å²) >= 11 is 0. The van der Waals surface area contributed by atoms with Crippen LogP contribution in [-0.2, 0) is 13.5 Å². The molecule has 1 aromatic heterocycles. The first-order chi connectivity index (χ1) is 12.0. The molecule has 0 saturated carbocycles. The van der Waals surface area contributed by atoms with Crippen LogP contribution in [0, 0.1) is 11.6 Å². The number of halogens is 2. The molecule has 7 heteroatoms. The highest BCUT2D eigenvalue weighted by Crippen LogP contribution is 2.09. The molecule has 2 aromatic carbocycles. The van der Waals surface area contributed by atoms with Gasteiger partial charge in [-0.3, -0.25) is 14.2 Å². The Labute approximate surface area is 141 Å². The van der Waals surface area contributed by atoms with Crippen LogP contribution in [0.4, 0.5) is 8.78 Å². The van der Waals surface area contributed by atoms with Crippen LogP contribution >= 0.6 is 0 Å². The maximum atomic E-state index is 13.2. The maximum Gasteiger partial charge on any atom is 0.261 e. The molecule has 0 unspecified atom stereocenters. The normalized spacial score (nSPS) is 10.8. The molecule has 0 aliphatic carbocycles. The average molecular weight is 343 g/mol. The first-order valence-electron chi connectivity index (χ1n) is 7.65. The van der Waals surface area contributed by atoms with Gasteiger partial charge in [0.1, 0.15) is 5.82 Å². The Hall–Kier alpha value is -3.09. The second kappa shape index (κ2) is 6.80. The number of nitrogens with zero attached hydrogens (tertiary/aromatic N) is 2. The van der Waals surface area contributed by atoms with Gasteiger partial charge in [0.05, 0.1) is 10.9 Å². The number of amides is 1. The van der Waals surface area contributed by atoms with Crippen molar-refractivity contribution in [2.75, 3.05) is 6.54 Å². The van der Waals surface area contributed by atoms with Gasteiger partial charge in [-0.25, -0.2) is 13.8 Å². The molecule has 1 N–H and O–H groups in total. The van der Waals surface area contributed by atoms with E-state index in [0.717, 1.165) is 12.1 Å². The fourth-order valence-corrected chi connectivity index (χ4v) is 2.51. The Balaban J connectivity index is 1.72. The van der Waals surface area contributed by atoms with Crippen LogP contribution < -0.4 is 10.9 Å². The third-order valence-electron chi connectivity index (χ3n) is 3.89. The molecule has 5 nitrogen and oxygen atoms in total. The fraction of sp³-hybridized carbons (Fsp3) is 0.167. The van der Waals surface area contributed by atoms with E-state index >= 15 is 0 Å². The predicted octanol–water partition coefficient (Wildman–Crippen LogP) is 2.18. The zero-order chi connectivity index (χ0) is 18.0. The van der Waals surface area contributed by atoms with Crippen molar-refractivity contribution in [1.29, 1.82) is 0 Å². The van der Waals surface area contributed by atoms with Crippen LogP contribution in [0.25, 0.3) is 10.9 Å². The topological polar surface area (TPSA) is 64.0 Å². The molecule has 0 spiro atoms. The van der Waals surface area contributed by atoms with Crippen molar-refractivity contribution < 1.29 is 13.6 Å². The number of rotatable bonds is 4. The molecule has 0 aliphatic heterocycles. The van der Waals surface area contributed by atoms with Crippen LogP contribution in [-0.4, -0.2) is 22.0 Å². The summed E-state index contributed by atoms with van der Waals surface area (Å²) in [4.78, 5) is 28.7. The zero-order valence-electron chi connectivity index (χ0n) is 13.4. The largest absolute Gasteiger partial charge is 0.352 e. The van der Waals surface area contributed by atoms with Crippen molar-refractivity contribution in [2.45, 2.75) is 6.42 Å². The third-order valence-corrected chi connectivity index (χ3v) is 3.89. The summed E-state index contributed by atoms with van der Waals surface area (Å²) in [7, 11) is 1.62. The quantitative estimate of drug-likeness (QED) is 0.790. The highest BCUT2D eigenvalue weighted by atomic mass is 19.2. The molecule has 3 rings (SSSR count). The monoisotopic (exact) mass is 343 g/mol. The molecule has 128 valence electrons. The van der Waals surface area contributed by atoms with Gasteiger partial charge in [0.15, 0.2) is 11.6 Å². The minimum Gasteiger partial charge on any atom is -0.352 e. The number of nitrogens with one attached hydrogen (secondary N) is 1. The lowest BCUT2D eigenvalue weighted by atomic mass is 10.2. The molecular weight excluding hydrogens is 328 g/mol. The van der Waals surface area contributed by atoms with Gasteiger partial charge in [0.2, 0.25) is 0 Å². The molecule has 1 amide bonds. The lowest BCUT2D eigenvalue weighted by Crippen LogP contribution is -2.29. The van der Waals surface area contributed by atoms with Crippen LogP contribution in [0.5, 0.6) is 0 Å². The number of benzene rings is 2. The number of carbonyl (C=O) groups excluding carboxylic acids is 1. The minimum atomic E-state index is -1.08. The first-order valence-corrected chi connectivity index (χ1v) is 7.65. The number of carbonyl (C=O) groups is 1. The minimum absolute atomic E-state index is 0.0271. The Morgan fingerprint density at radius 2 is 1.92 bits per heavy atom. The van der Waals surface area contributed by atoms with Crippen LogP contribution in [0.2, 0.25) is 0 Å². The van der Waals surface area contributed by atoms with Crippen molar-refractivity contribution in [1.82, 2.24) is 14.9 Å². The molecule has 25 heavy (non-hydrogen) atoms. The molecule has 0 bridgehead atoms. The van der Waals surface area contributed by atoms with E-state index in [4.69, 9.17) is 0 Å². The number of para-hydroxylation sites is 1. The Morgan fingerprint density at radius 1 is 1.16 bits per heavy atom. The van der Waals surface area contributed by atoms with Crippen molar-refractivity contribution in [3.05, 3.63) is 75.8 Å². The summed E-state index contributed by atoms with van der Waals surface area (Å²) in [5.74, 6) is -2.09. The van der Waals surface area contributed by atoms with Gasteiger partial charge in [-0.1, -0.05) is 12.1 Å². The Kier molecular flexibility index (Phi) is 4.56. The number of fused-ring (bicyclic) bond motifs is 1. The lowest BCUT2D eigenvalue weighted by Gasteiger charge is -2.10. The number of hydrogen-bond donors (Lipinski definition) is 1. The molecule has 3 aromatic rings. The van der Waals surface area contributed by atoms with Crippen LogP contribution in [0.1, 0.15) is 16.2 Å². The Morgan fingerprint density at radius 3 is 2.68 bits per heavy atom. The fourth-order valence-electron chi connectivity index (χ4n) is 2.51. The summed E-state index contributed by atoms with van der Waals surface area (Å²) in [6, 6.07) is 9.97. The second-order valence-electron chi connectivity index (χ2n) is 5.54. The van der Waals surface area contributed by atoms with Gasteiger partial charge in [0.25, 0.3) is 11.5 Å². The molecule has 0 saturated heterocycles. The number of aromatic nitrogens is 2. The molecule has 0 radical (unpaired) electrons. The van der Waals surface area contributed by atoms with E-state index in [1.807, 2.05) is 0 Å². The third kappa shape index (κ3) is 3.40. The maximum absolute atomic E-state index is 13.2. The molecule has 1 heterocycles. The van der Waals surface area contributed by atoms with Gasteiger partial charge >= 0.3 is 0 Å². The van der Waals surface area contributed by atoms with Crippen molar-refractivity contribution in [2.24, 2.45) is 7.05 Å². The summed E-state index contributed by atoms with van der Waals surface area (Å²) in [5, 5.41) is 3.13. The van der Waals surface area contributed by atoms with Gasteiger partial charge in [-0.15, -0.1) is 0 Å². The summed E-state index contributed by atoms with van der Waals surface area (Å²) in [6.45, 7) is 0.205. The van der Waals surface area contributed by atoms with E-state index in [1.54, 1.807) is 31.3 Å². The summed E-state index contributed by atoms with van der Waals surface area (Å²) in [6.07, 6.45) is 0.325. The van der Waals surface area contributed by atoms with Gasteiger partial charge < -0.3 is 5.32 Å². The highest BCUT2D eigenvalue weighted by Gasteiger charge is 2.11. The van der Waals surface area contributed by atoms with E-state index in [1.165, 1.54) is 10.6 Å². The molecule has 0 fully saturated rings. The van der Waals surface area contributed by atoms with Gasteiger partial charge in [-0.2, -0.15) is 0 Å². The van der Waals surface area contributed by atoms with Crippen molar-refractivity contribution >= 4 is 16.8 Å². The SMILES string of the molecule is Cn1c(CCNC(=O)c2ccc(F)c(F)c2)nc2ccccc2c1=O. The van der Waals surface area contributed by atoms with E-state index in [0.29, 0.717) is 23.1 Å². The smallest absolute Gasteiger partial charge is 0.261 e. The standard InChI is InChI=1S/C18H15F2N3O2/c1-23-16(22-15-5-3-2-4-12(15)18(23)25)8-9-21-17(24)11-6-7-13(19)14(20)10-11/h2-7,10H,8-9H2,1H3,(H,21,24). The molecular formula is C18H15F2N3O2. The summed E-state index contributed by atoms with van der Waals surface area (Å²) in [5.41, 5.74) is 0.458. The van der Waals surface area contributed by atoms with E-state index in [2.05, 4.69) is 10.3 Å². The first kappa shape index (κ1) is 16.8. The van der Waals surface area contributed by atoms with Gasteiger partial charge in [0, 0.05) is 25.6 Å².